The van der Waals surface area contributed by atoms with E-state index in [2.05, 4.69) is 10.3 Å². The van der Waals surface area contributed by atoms with Crippen LogP contribution < -0.4 is 0 Å². The number of benzene rings is 2. The van der Waals surface area contributed by atoms with Crippen LogP contribution in [0.3, 0.4) is 0 Å². The standard InChI is InChI=1S/C12H8ClN3O/c13-10-2-1-3-11-12(10)14-15-16(11)8-4-6-9(17)7-5-8/h1-7,17H. The van der Waals surface area contributed by atoms with Crippen molar-refractivity contribution in [2.75, 3.05) is 0 Å². The highest BCUT2D eigenvalue weighted by Crippen LogP contribution is 2.23. The molecular formula is C12H8ClN3O. The van der Waals surface area contributed by atoms with Crippen LogP contribution >= 0.6 is 11.6 Å². The van der Waals surface area contributed by atoms with Crippen LogP contribution in [0, 0.1) is 0 Å². The topological polar surface area (TPSA) is 50.9 Å². The summed E-state index contributed by atoms with van der Waals surface area (Å²) in [5.74, 6) is 0.219. The minimum atomic E-state index is 0.219. The van der Waals surface area contributed by atoms with Crippen LogP contribution in [0.4, 0.5) is 0 Å². The summed E-state index contributed by atoms with van der Waals surface area (Å²) in [6.07, 6.45) is 0. The molecule has 3 aromatic rings. The molecule has 0 aliphatic carbocycles. The van der Waals surface area contributed by atoms with E-state index in [9.17, 15) is 5.11 Å². The van der Waals surface area contributed by atoms with Gasteiger partial charge in [0.25, 0.3) is 0 Å². The molecule has 0 aliphatic heterocycles. The molecule has 1 heterocycles. The van der Waals surface area contributed by atoms with Gasteiger partial charge in [0.1, 0.15) is 11.3 Å². The van der Waals surface area contributed by atoms with E-state index in [0.717, 1.165) is 11.2 Å². The molecule has 0 atom stereocenters. The number of nitrogens with zero attached hydrogens (tertiary/aromatic N) is 3. The third-order valence-electron chi connectivity index (χ3n) is 2.52. The Morgan fingerprint density at radius 3 is 2.59 bits per heavy atom. The number of aromatic hydroxyl groups is 1. The molecule has 0 fully saturated rings. The van der Waals surface area contributed by atoms with Gasteiger partial charge < -0.3 is 5.11 Å². The summed E-state index contributed by atoms with van der Waals surface area (Å²) < 4.78 is 1.68. The third-order valence-corrected chi connectivity index (χ3v) is 2.83. The molecule has 2 aromatic carbocycles. The van der Waals surface area contributed by atoms with Gasteiger partial charge in [-0.2, -0.15) is 0 Å². The van der Waals surface area contributed by atoms with Crippen LogP contribution in [0.15, 0.2) is 42.5 Å². The second-order valence-electron chi connectivity index (χ2n) is 3.63. The van der Waals surface area contributed by atoms with E-state index in [1.807, 2.05) is 12.1 Å². The smallest absolute Gasteiger partial charge is 0.132 e. The first-order chi connectivity index (χ1) is 8.25. The quantitative estimate of drug-likeness (QED) is 0.717. The Morgan fingerprint density at radius 1 is 1.06 bits per heavy atom. The summed E-state index contributed by atoms with van der Waals surface area (Å²) in [5, 5.41) is 17.9. The number of fused-ring (bicyclic) bond motifs is 1. The summed E-state index contributed by atoms with van der Waals surface area (Å²) in [7, 11) is 0. The first kappa shape index (κ1) is 10.1. The lowest BCUT2D eigenvalue weighted by atomic mass is 10.2. The predicted molar refractivity (Wildman–Crippen MR) is 65.5 cm³/mol. The number of rotatable bonds is 1. The zero-order valence-electron chi connectivity index (χ0n) is 8.71. The maximum absolute atomic E-state index is 9.25. The van der Waals surface area contributed by atoms with Crippen molar-refractivity contribution in [2.45, 2.75) is 0 Å². The van der Waals surface area contributed by atoms with Gasteiger partial charge in [0, 0.05) is 0 Å². The van der Waals surface area contributed by atoms with Crippen LogP contribution in [-0.2, 0) is 0 Å². The van der Waals surface area contributed by atoms with Crippen molar-refractivity contribution in [1.82, 2.24) is 15.0 Å². The van der Waals surface area contributed by atoms with E-state index >= 15 is 0 Å². The number of hydrogen-bond acceptors (Lipinski definition) is 3. The predicted octanol–water partition coefficient (Wildman–Crippen LogP) is 2.78. The Hall–Kier alpha value is -2.07. The third kappa shape index (κ3) is 1.62. The van der Waals surface area contributed by atoms with Gasteiger partial charge in [0.05, 0.1) is 16.2 Å². The molecule has 0 spiro atoms. The number of hydrogen-bond donors (Lipinski definition) is 1. The zero-order chi connectivity index (χ0) is 11.8. The second kappa shape index (κ2) is 3.75. The van der Waals surface area contributed by atoms with E-state index in [1.54, 1.807) is 35.0 Å². The molecule has 4 nitrogen and oxygen atoms in total. The van der Waals surface area contributed by atoms with Gasteiger partial charge in [-0.15, -0.1) is 5.10 Å². The maximum Gasteiger partial charge on any atom is 0.132 e. The largest absolute Gasteiger partial charge is 0.508 e. The lowest BCUT2D eigenvalue weighted by molar-refractivity contribution is 0.475. The summed E-state index contributed by atoms with van der Waals surface area (Å²) in [5.41, 5.74) is 2.33. The summed E-state index contributed by atoms with van der Waals surface area (Å²) in [4.78, 5) is 0. The van der Waals surface area contributed by atoms with Crippen molar-refractivity contribution in [2.24, 2.45) is 0 Å². The maximum atomic E-state index is 9.25. The molecule has 1 N–H and O–H groups in total. The lowest BCUT2D eigenvalue weighted by Crippen LogP contribution is -1.95. The molecule has 0 amide bonds. The molecule has 0 saturated carbocycles. The van der Waals surface area contributed by atoms with Crippen LogP contribution in [0.2, 0.25) is 5.02 Å². The van der Waals surface area contributed by atoms with Gasteiger partial charge in [-0.1, -0.05) is 22.9 Å². The van der Waals surface area contributed by atoms with Crippen LogP contribution in [-0.4, -0.2) is 20.1 Å². The van der Waals surface area contributed by atoms with Crippen molar-refractivity contribution in [3.63, 3.8) is 0 Å². The van der Waals surface area contributed by atoms with Gasteiger partial charge in [0.15, 0.2) is 0 Å². The summed E-state index contributed by atoms with van der Waals surface area (Å²) in [6.45, 7) is 0. The van der Waals surface area contributed by atoms with Crippen LogP contribution in [0.1, 0.15) is 0 Å². The van der Waals surface area contributed by atoms with Gasteiger partial charge >= 0.3 is 0 Å². The van der Waals surface area contributed by atoms with Gasteiger partial charge in [0.2, 0.25) is 0 Å². The highest BCUT2D eigenvalue weighted by atomic mass is 35.5. The van der Waals surface area contributed by atoms with E-state index in [0.29, 0.717) is 10.5 Å². The molecule has 3 rings (SSSR count). The number of aromatic nitrogens is 3. The van der Waals surface area contributed by atoms with Gasteiger partial charge in [-0.25, -0.2) is 4.68 Å². The van der Waals surface area contributed by atoms with Crippen LogP contribution in [0.5, 0.6) is 5.75 Å². The van der Waals surface area contributed by atoms with Crippen LogP contribution in [0.25, 0.3) is 16.7 Å². The van der Waals surface area contributed by atoms with Gasteiger partial charge in [-0.3, -0.25) is 0 Å². The second-order valence-corrected chi connectivity index (χ2v) is 4.03. The number of phenols is 1. The van der Waals surface area contributed by atoms with Crippen molar-refractivity contribution >= 4 is 22.6 Å². The van der Waals surface area contributed by atoms with E-state index in [4.69, 9.17) is 11.6 Å². The molecule has 0 aliphatic rings. The van der Waals surface area contributed by atoms with Gasteiger partial charge in [-0.05, 0) is 36.4 Å². The average molecular weight is 246 g/mol. The minimum Gasteiger partial charge on any atom is -0.508 e. The molecule has 0 unspecified atom stereocenters. The summed E-state index contributed by atoms with van der Waals surface area (Å²) >= 11 is 6.03. The fourth-order valence-electron chi connectivity index (χ4n) is 1.70. The number of halogens is 1. The zero-order valence-corrected chi connectivity index (χ0v) is 9.46. The Morgan fingerprint density at radius 2 is 1.82 bits per heavy atom. The molecule has 0 bridgehead atoms. The minimum absolute atomic E-state index is 0.219. The van der Waals surface area contributed by atoms with E-state index in [-0.39, 0.29) is 5.75 Å². The molecule has 1 aromatic heterocycles. The Kier molecular flexibility index (Phi) is 2.23. The molecule has 5 heteroatoms. The van der Waals surface area contributed by atoms with Crippen molar-refractivity contribution in [1.29, 1.82) is 0 Å². The molecule has 0 radical (unpaired) electrons. The normalized spacial score (nSPS) is 10.9. The Bertz CT molecular complexity index is 676. The molecule has 84 valence electrons. The van der Waals surface area contributed by atoms with Crippen molar-refractivity contribution in [3.05, 3.63) is 47.5 Å². The van der Waals surface area contributed by atoms with Crippen molar-refractivity contribution in [3.8, 4) is 11.4 Å². The average Bonchev–Trinajstić information content (AvgIpc) is 2.75. The highest BCUT2D eigenvalue weighted by molar-refractivity contribution is 6.34. The fraction of sp³-hybridized carbons (Fsp3) is 0. The monoisotopic (exact) mass is 245 g/mol. The van der Waals surface area contributed by atoms with E-state index in [1.165, 1.54) is 0 Å². The SMILES string of the molecule is Oc1ccc(-n2nnc3c(Cl)cccc32)cc1. The first-order valence-electron chi connectivity index (χ1n) is 5.05. The first-order valence-corrected chi connectivity index (χ1v) is 5.43. The molecular weight excluding hydrogens is 238 g/mol. The highest BCUT2D eigenvalue weighted by Gasteiger charge is 2.08. The lowest BCUT2D eigenvalue weighted by Gasteiger charge is -2.01. The molecule has 17 heavy (non-hydrogen) atoms. The Balaban J connectivity index is 2.24. The Labute approximate surface area is 102 Å². The summed E-state index contributed by atoms with van der Waals surface area (Å²) in [6, 6.07) is 12.3. The number of phenolic OH excluding ortho intramolecular Hbond substituents is 1. The van der Waals surface area contributed by atoms with E-state index < -0.39 is 0 Å². The fourth-order valence-corrected chi connectivity index (χ4v) is 1.90. The van der Waals surface area contributed by atoms with Crippen molar-refractivity contribution < 1.29 is 5.11 Å². The molecule has 0 saturated heterocycles.